The molecule has 1 aromatic heterocycles. The van der Waals surface area contributed by atoms with Crippen molar-refractivity contribution in [3.63, 3.8) is 0 Å². The Labute approximate surface area is 95.4 Å². The summed E-state index contributed by atoms with van der Waals surface area (Å²) in [5.74, 6) is 0. The molecule has 0 saturated heterocycles. The largest absolute Gasteiger partial charge is 0.323 e. The second kappa shape index (κ2) is 5.17. The number of pyridine rings is 1. The summed E-state index contributed by atoms with van der Waals surface area (Å²) in [6.45, 7) is 1.85. The van der Waals surface area contributed by atoms with E-state index in [4.69, 9.17) is 17.3 Å². The van der Waals surface area contributed by atoms with E-state index in [1.165, 1.54) is 0 Å². The molecule has 0 fully saturated rings. The summed E-state index contributed by atoms with van der Waals surface area (Å²) in [6.07, 6.45) is 1.69. The number of halogens is 3. The minimum atomic E-state index is -0.115. The van der Waals surface area contributed by atoms with Crippen LogP contribution >= 0.6 is 44.5 Å². The Morgan fingerprint density at radius 3 is 2.67 bits per heavy atom. The van der Waals surface area contributed by atoms with E-state index in [1.54, 1.807) is 12.3 Å². The van der Waals surface area contributed by atoms with Gasteiger partial charge >= 0.3 is 0 Å². The van der Waals surface area contributed by atoms with Gasteiger partial charge in [0.2, 0.25) is 0 Å². The average molecular weight is 316 g/mol. The molecule has 0 spiro atoms. The maximum Gasteiger partial charge on any atom is 0.0754 e. The smallest absolute Gasteiger partial charge is 0.0754 e. The summed E-state index contributed by atoms with van der Waals surface area (Å²) in [6, 6.07) is 1.67. The molecule has 0 saturated carbocycles. The van der Waals surface area contributed by atoms with Crippen molar-refractivity contribution in [2.24, 2.45) is 5.73 Å². The molecule has 1 heterocycles. The number of rotatable bonds is 1. The molecule has 5 heteroatoms. The predicted molar refractivity (Wildman–Crippen MR) is 59.9 cm³/mol. The molecular weight excluding hydrogens is 307 g/mol. The van der Waals surface area contributed by atoms with Crippen molar-refractivity contribution < 1.29 is 0 Å². The Morgan fingerprint density at radius 1 is 1.67 bits per heavy atom. The van der Waals surface area contributed by atoms with Crippen molar-refractivity contribution in [1.29, 1.82) is 0 Å². The molecule has 0 bridgehead atoms. The molecule has 1 rings (SSSR count). The second-order valence-electron chi connectivity index (χ2n) is 2.31. The van der Waals surface area contributed by atoms with E-state index in [2.05, 4.69) is 20.9 Å². The van der Waals surface area contributed by atoms with Crippen molar-refractivity contribution in [3.8, 4) is 0 Å². The summed E-state index contributed by atoms with van der Waals surface area (Å²) in [4.78, 5) is 4.07. The van der Waals surface area contributed by atoms with Gasteiger partial charge < -0.3 is 5.73 Å². The van der Waals surface area contributed by atoms with Crippen LogP contribution in [0, 0.1) is 0 Å². The molecule has 2 N–H and O–H groups in total. The second-order valence-corrected chi connectivity index (χ2v) is 3.63. The van der Waals surface area contributed by atoms with E-state index >= 15 is 0 Å². The fourth-order valence-electron chi connectivity index (χ4n) is 0.760. The fourth-order valence-corrected chi connectivity index (χ4v) is 1.56. The van der Waals surface area contributed by atoms with E-state index < -0.39 is 0 Å². The lowest BCUT2D eigenvalue weighted by Crippen LogP contribution is -2.07. The number of nitrogens with zero attached hydrogens (tertiary/aromatic N) is 1. The van der Waals surface area contributed by atoms with Crippen LogP contribution in [-0.2, 0) is 0 Å². The van der Waals surface area contributed by atoms with Crippen molar-refractivity contribution in [3.05, 3.63) is 27.5 Å². The third-order valence-corrected chi connectivity index (χ3v) is 2.00. The maximum atomic E-state index is 5.85. The van der Waals surface area contributed by atoms with Crippen LogP contribution in [0.2, 0.25) is 5.02 Å². The van der Waals surface area contributed by atoms with Gasteiger partial charge in [-0.3, -0.25) is 4.98 Å². The molecule has 2 nitrogen and oxygen atoms in total. The number of aromatic nitrogens is 1. The van der Waals surface area contributed by atoms with Gasteiger partial charge in [0.25, 0.3) is 0 Å². The maximum absolute atomic E-state index is 5.85. The number of nitrogens with two attached hydrogens (primary N) is 1. The van der Waals surface area contributed by atoms with Gasteiger partial charge in [-0.1, -0.05) is 11.6 Å². The summed E-state index contributed by atoms with van der Waals surface area (Å²) < 4.78 is 0.868. The van der Waals surface area contributed by atoms with E-state index in [0.29, 0.717) is 5.02 Å². The zero-order valence-corrected chi connectivity index (χ0v) is 10.5. The SMILES string of the molecule is Br.CC(N)c1ncc(Br)cc1Cl. The lowest BCUT2D eigenvalue weighted by molar-refractivity contribution is 0.780. The molecule has 0 aliphatic heterocycles. The molecule has 0 aliphatic rings. The van der Waals surface area contributed by atoms with E-state index in [1.807, 2.05) is 6.92 Å². The first kappa shape index (κ1) is 12.4. The average Bonchev–Trinajstić information content (AvgIpc) is 1.85. The number of hydrogen-bond acceptors (Lipinski definition) is 2. The van der Waals surface area contributed by atoms with Crippen molar-refractivity contribution >= 4 is 44.5 Å². The van der Waals surface area contributed by atoms with Gasteiger partial charge in [0.15, 0.2) is 0 Å². The topological polar surface area (TPSA) is 38.9 Å². The monoisotopic (exact) mass is 314 g/mol. The third kappa shape index (κ3) is 3.01. The Kier molecular flexibility index (Phi) is 5.32. The highest BCUT2D eigenvalue weighted by Crippen LogP contribution is 2.22. The Hall–Kier alpha value is 0.360. The van der Waals surface area contributed by atoms with Crippen LogP contribution in [0.3, 0.4) is 0 Å². The van der Waals surface area contributed by atoms with Crippen LogP contribution in [0.15, 0.2) is 16.7 Å². The Morgan fingerprint density at radius 2 is 2.25 bits per heavy atom. The molecule has 1 aromatic rings. The molecule has 0 amide bonds. The van der Waals surface area contributed by atoms with E-state index in [9.17, 15) is 0 Å². The molecule has 0 aromatic carbocycles. The van der Waals surface area contributed by atoms with Gasteiger partial charge in [-0.05, 0) is 28.9 Å². The third-order valence-electron chi connectivity index (χ3n) is 1.27. The zero-order valence-electron chi connectivity index (χ0n) is 6.42. The van der Waals surface area contributed by atoms with Crippen molar-refractivity contribution in [2.45, 2.75) is 13.0 Å². The lowest BCUT2D eigenvalue weighted by Gasteiger charge is -2.05. The summed E-state index contributed by atoms with van der Waals surface area (Å²) in [5, 5.41) is 0.606. The molecule has 12 heavy (non-hydrogen) atoms. The van der Waals surface area contributed by atoms with Gasteiger partial charge in [-0.25, -0.2) is 0 Å². The minimum absolute atomic E-state index is 0. The standard InChI is InChI=1S/C7H8BrClN2.BrH/c1-4(10)7-6(9)2-5(8)3-11-7;/h2-4H,10H2,1H3;1H. The summed E-state index contributed by atoms with van der Waals surface area (Å²) in [5.41, 5.74) is 6.33. The van der Waals surface area contributed by atoms with Crippen LogP contribution in [0.1, 0.15) is 18.7 Å². The minimum Gasteiger partial charge on any atom is -0.323 e. The van der Waals surface area contributed by atoms with E-state index in [-0.39, 0.29) is 23.0 Å². The highest BCUT2D eigenvalue weighted by Gasteiger charge is 2.06. The molecule has 0 radical (unpaired) electrons. The van der Waals surface area contributed by atoms with Gasteiger partial charge in [-0.15, -0.1) is 17.0 Å². The van der Waals surface area contributed by atoms with Gasteiger partial charge in [0.05, 0.1) is 10.7 Å². The molecule has 1 atom stereocenters. The highest BCUT2D eigenvalue weighted by atomic mass is 79.9. The predicted octanol–water partition coefficient (Wildman–Crippen LogP) is 3.10. The Balaban J connectivity index is 0.00000121. The van der Waals surface area contributed by atoms with Crippen LogP contribution < -0.4 is 5.73 Å². The van der Waals surface area contributed by atoms with Crippen LogP contribution in [0.4, 0.5) is 0 Å². The Bertz CT molecular complexity index is 266. The lowest BCUT2D eigenvalue weighted by atomic mass is 10.2. The van der Waals surface area contributed by atoms with Crippen LogP contribution in [0.25, 0.3) is 0 Å². The van der Waals surface area contributed by atoms with Crippen LogP contribution in [-0.4, -0.2) is 4.98 Å². The summed E-state index contributed by atoms with van der Waals surface area (Å²) >= 11 is 9.11. The first-order chi connectivity index (χ1) is 5.11. The normalized spacial score (nSPS) is 12.0. The summed E-state index contributed by atoms with van der Waals surface area (Å²) in [7, 11) is 0. The first-order valence-electron chi connectivity index (χ1n) is 3.18. The highest BCUT2D eigenvalue weighted by molar-refractivity contribution is 9.10. The van der Waals surface area contributed by atoms with E-state index in [0.717, 1.165) is 10.2 Å². The molecule has 0 aliphatic carbocycles. The molecule has 68 valence electrons. The quantitative estimate of drug-likeness (QED) is 0.865. The van der Waals surface area contributed by atoms with Gasteiger partial charge in [0.1, 0.15) is 0 Å². The molecule has 1 unspecified atom stereocenters. The van der Waals surface area contributed by atoms with Gasteiger partial charge in [-0.2, -0.15) is 0 Å². The van der Waals surface area contributed by atoms with Gasteiger partial charge in [0, 0.05) is 16.7 Å². The van der Waals surface area contributed by atoms with Crippen molar-refractivity contribution in [1.82, 2.24) is 4.98 Å². The van der Waals surface area contributed by atoms with Crippen LogP contribution in [0.5, 0.6) is 0 Å². The first-order valence-corrected chi connectivity index (χ1v) is 4.35. The zero-order chi connectivity index (χ0) is 8.43. The fraction of sp³-hybridized carbons (Fsp3) is 0.286. The molecular formula is C7H9Br2ClN2. The number of hydrogen-bond donors (Lipinski definition) is 1. The van der Waals surface area contributed by atoms with Crippen molar-refractivity contribution in [2.75, 3.05) is 0 Å².